The SMILES string of the molecule is CC(C)CN1C(=S)N[C@H](c2ccccn2)[C@@H]1c1cccn1-c1ccc(Cl)cc1Cl. The predicted molar refractivity (Wildman–Crippen MR) is 123 cm³/mol. The van der Waals surface area contributed by atoms with Crippen LogP contribution in [0.4, 0.5) is 0 Å². The van der Waals surface area contributed by atoms with Gasteiger partial charge in [0, 0.05) is 29.7 Å². The number of aromatic nitrogens is 2. The number of rotatable bonds is 5. The molecule has 29 heavy (non-hydrogen) atoms. The van der Waals surface area contributed by atoms with Crippen molar-refractivity contribution in [1.82, 2.24) is 19.8 Å². The van der Waals surface area contributed by atoms with Gasteiger partial charge in [0.05, 0.1) is 28.5 Å². The van der Waals surface area contributed by atoms with Crippen LogP contribution >= 0.6 is 35.4 Å². The zero-order chi connectivity index (χ0) is 20.5. The molecule has 1 fully saturated rings. The summed E-state index contributed by atoms with van der Waals surface area (Å²) < 4.78 is 2.11. The van der Waals surface area contributed by atoms with Gasteiger partial charge in [-0.2, -0.15) is 0 Å². The number of pyridine rings is 1. The third-order valence-electron chi connectivity index (χ3n) is 5.01. The molecule has 7 heteroatoms. The van der Waals surface area contributed by atoms with Crippen LogP contribution in [0.2, 0.25) is 10.0 Å². The quantitative estimate of drug-likeness (QED) is 0.503. The fraction of sp³-hybridized carbons (Fsp3) is 0.273. The zero-order valence-electron chi connectivity index (χ0n) is 16.2. The molecule has 1 saturated heterocycles. The van der Waals surface area contributed by atoms with Gasteiger partial charge < -0.3 is 14.8 Å². The lowest BCUT2D eigenvalue weighted by Crippen LogP contribution is -2.33. The molecule has 0 saturated carbocycles. The molecule has 1 N–H and O–H groups in total. The van der Waals surface area contributed by atoms with E-state index in [9.17, 15) is 0 Å². The van der Waals surface area contributed by atoms with Gasteiger partial charge in [0.25, 0.3) is 0 Å². The molecule has 0 aliphatic carbocycles. The average molecular weight is 445 g/mol. The Morgan fingerprint density at radius 2 is 1.97 bits per heavy atom. The van der Waals surface area contributed by atoms with Crippen LogP contribution in [0.15, 0.2) is 60.9 Å². The van der Waals surface area contributed by atoms with E-state index < -0.39 is 0 Å². The monoisotopic (exact) mass is 444 g/mol. The van der Waals surface area contributed by atoms with Crippen LogP contribution < -0.4 is 5.32 Å². The van der Waals surface area contributed by atoms with E-state index in [-0.39, 0.29) is 12.1 Å². The molecule has 0 radical (unpaired) electrons. The summed E-state index contributed by atoms with van der Waals surface area (Å²) in [4.78, 5) is 6.86. The van der Waals surface area contributed by atoms with E-state index in [1.54, 1.807) is 6.07 Å². The van der Waals surface area contributed by atoms with Crippen molar-refractivity contribution in [2.75, 3.05) is 6.54 Å². The van der Waals surface area contributed by atoms with Crippen molar-refractivity contribution in [1.29, 1.82) is 0 Å². The second-order valence-electron chi connectivity index (χ2n) is 7.57. The average Bonchev–Trinajstić information content (AvgIpc) is 3.27. The summed E-state index contributed by atoms with van der Waals surface area (Å²) in [6.07, 6.45) is 3.84. The highest BCUT2D eigenvalue weighted by atomic mass is 35.5. The standard InChI is InChI=1S/C22H22Cl2N4S/c1-14(2)13-28-21(20(26-22(28)29)17-6-3-4-10-25-17)19-7-5-11-27(19)18-9-8-15(23)12-16(18)24/h3-12,14,20-21H,13H2,1-2H3,(H,26,29)/t20-,21+/m1/s1. The highest BCUT2D eigenvalue weighted by molar-refractivity contribution is 7.80. The van der Waals surface area contributed by atoms with E-state index in [1.807, 2.05) is 48.8 Å². The van der Waals surface area contributed by atoms with Gasteiger partial charge in [-0.15, -0.1) is 0 Å². The molecule has 2 atom stereocenters. The van der Waals surface area contributed by atoms with Gasteiger partial charge in [0.15, 0.2) is 5.11 Å². The minimum absolute atomic E-state index is 0.0125. The third kappa shape index (κ3) is 4.00. The van der Waals surface area contributed by atoms with Gasteiger partial charge in [-0.05, 0) is 60.6 Å². The predicted octanol–water partition coefficient (Wildman–Crippen LogP) is 5.81. The summed E-state index contributed by atoms with van der Waals surface area (Å²) in [5.74, 6) is 0.460. The topological polar surface area (TPSA) is 33.1 Å². The molecule has 3 heterocycles. The number of hydrogen-bond donors (Lipinski definition) is 1. The van der Waals surface area contributed by atoms with E-state index in [1.165, 1.54) is 0 Å². The van der Waals surface area contributed by atoms with E-state index in [0.717, 1.165) is 28.7 Å². The molecule has 2 aromatic heterocycles. The summed E-state index contributed by atoms with van der Waals surface area (Å²) in [7, 11) is 0. The largest absolute Gasteiger partial charge is 0.352 e. The third-order valence-corrected chi connectivity index (χ3v) is 5.90. The highest BCUT2D eigenvalue weighted by Gasteiger charge is 2.41. The van der Waals surface area contributed by atoms with Crippen LogP contribution in [0.25, 0.3) is 5.69 Å². The van der Waals surface area contributed by atoms with Gasteiger partial charge in [0.1, 0.15) is 0 Å². The van der Waals surface area contributed by atoms with Crippen LogP contribution in [0, 0.1) is 5.92 Å². The summed E-state index contributed by atoms with van der Waals surface area (Å²) in [6.45, 7) is 5.24. The van der Waals surface area contributed by atoms with Crippen molar-refractivity contribution >= 4 is 40.5 Å². The van der Waals surface area contributed by atoms with Crippen molar-refractivity contribution in [3.05, 3.63) is 82.4 Å². The Balaban J connectivity index is 1.83. The first-order valence-electron chi connectivity index (χ1n) is 9.56. The lowest BCUT2D eigenvalue weighted by atomic mass is 10.0. The van der Waals surface area contributed by atoms with Crippen LogP contribution in [0.1, 0.15) is 37.3 Å². The van der Waals surface area contributed by atoms with E-state index in [2.05, 4.69) is 39.7 Å². The first kappa shape index (κ1) is 20.2. The Labute approximate surface area is 186 Å². The van der Waals surface area contributed by atoms with Crippen molar-refractivity contribution in [2.24, 2.45) is 5.92 Å². The fourth-order valence-corrected chi connectivity index (χ4v) is 4.66. The Morgan fingerprint density at radius 3 is 2.66 bits per heavy atom. The Kier molecular flexibility index (Phi) is 5.81. The van der Waals surface area contributed by atoms with Gasteiger partial charge in [-0.3, -0.25) is 4.98 Å². The van der Waals surface area contributed by atoms with Gasteiger partial charge in [-0.25, -0.2) is 0 Å². The van der Waals surface area contributed by atoms with E-state index in [4.69, 9.17) is 35.4 Å². The van der Waals surface area contributed by atoms with Crippen LogP contribution in [0.3, 0.4) is 0 Å². The van der Waals surface area contributed by atoms with Gasteiger partial charge in [0.2, 0.25) is 0 Å². The molecule has 1 aliphatic rings. The minimum atomic E-state index is -0.0535. The number of benzene rings is 1. The lowest BCUT2D eigenvalue weighted by molar-refractivity contribution is 0.280. The molecule has 0 spiro atoms. The van der Waals surface area contributed by atoms with Crippen molar-refractivity contribution in [2.45, 2.75) is 25.9 Å². The maximum atomic E-state index is 6.53. The Bertz CT molecular complexity index is 1020. The molecule has 4 rings (SSSR count). The first-order valence-corrected chi connectivity index (χ1v) is 10.7. The summed E-state index contributed by atoms with van der Waals surface area (Å²) in [5.41, 5.74) is 2.94. The number of nitrogens with zero attached hydrogens (tertiary/aromatic N) is 3. The van der Waals surface area contributed by atoms with Gasteiger partial charge >= 0.3 is 0 Å². The van der Waals surface area contributed by atoms with Crippen molar-refractivity contribution in [3.8, 4) is 5.69 Å². The van der Waals surface area contributed by atoms with E-state index in [0.29, 0.717) is 16.0 Å². The second kappa shape index (κ2) is 8.34. The smallest absolute Gasteiger partial charge is 0.170 e. The maximum absolute atomic E-state index is 6.53. The summed E-state index contributed by atoms with van der Waals surface area (Å²) >= 11 is 18.4. The fourth-order valence-electron chi connectivity index (χ4n) is 3.85. The first-order chi connectivity index (χ1) is 14.0. The van der Waals surface area contributed by atoms with E-state index >= 15 is 0 Å². The summed E-state index contributed by atoms with van der Waals surface area (Å²) in [6, 6.07) is 15.6. The Morgan fingerprint density at radius 1 is 1.14 bits per heavy atom. The second-order valence-corrected chi connectivity index (χ2v) is 8.80. The van der Waals surface area contributed by atoms with Crippen molar-refractivity contribution in [3.63, 3.8) is 0 Å². The molecule has 1 aromatic carbocycles. The summed E-state index contributed by atoms with van der Waals surface area (Å²) in [5, 5.41) is 5.46. The van der Waals surface area contributed by atoms with Gasteiger partial charge in [-0.1, -0.05) is 43.1 Å². The normalized spacial score (nSPS) is 19.1. The number of nitrogens with one attached hydrogen (secondary N) is 1. The Hall–Kier alpha value is -2.08. The molecular weight excluding hydrogens is 423 g/mol. The van der Waals surface area contributed by atoms with Crippen LogP contribution in [0.5, 0.6) is 0 Å². The molecule has 4 nitrogen and oxygen atoms in total. The van der Waals surface area contributed by atoms with Crippen LogP contribution in [-0.4, -0.2) is 26.1 Å². The molecule has 0 unspecified atom stereocenters. The molecule has 3 aromatic rings. The molecular formula is C22H22Cl2N4S. The minimum Gasteiger partial charge on any atom is -0.352 e. The number of halogens is 2. The molecule has 0 amide bonds. The lowest BCUT2D eigenvalue weighted by Gasteiger charge is -2.30. The molecule has 150 valence electrons. The molecule has 0 bridgehead atoms. The number of thiocarbonyl (C=S) groups is 1. The number of hydrogen-bond acceptors (Lipinski definition) is 2. The maximum Gasteiger partial charge on any atom is 0.170 e. The highest BCUT2D eigenvalue weighted by Crippen LogP contribution is 2.40. The van der Waals surface area contributed by atoms with Crippen molar-refractivity contribution < 1.29 is 0 Å². The van der Waals surface area contributed by atoms with Crippen LogP contribution in [-0.2, 0) is 0 Å². The molecule has 1 aliphatic heterocycles. The zero-order valence-corrected chi connectivity index (χ0v) is 18.5.